The minimum Gasteiger partial charge on any atom is -0.475 e. The third-order valence-electron chi connectivity index (χ3n) is 8.11. The number of carboxylic acids is 3. The fourth-order valence-electron chi connectivity index (χ4n) is 5.30. The van der Waals surface area contributed by atoms with E-state index in [1.54, 1.807) is 24.7 Å². The maximum absolute atomic E-state index is 13.3. The molecule has 2 aliphatic heterocycles. The summed E-state index contributed by atoms with van der Waals surface area (Å²) in [4.78, 5) is 57.6. The first-order valence-electron chi connectivity index (χ1n) is 17.3. The molecule has 7 N–H and O–H groups in total. The Morgan fingerprint density at radius 1 is 0.806 bits per heavy atom. The van der Waals surface area contributed by atoms with E-state index in [2.05, 4.69) is 47.3 Å². The number of aromatic nitrogens is 4. The Kier molecular flexibility index (Phi) is 17.3. The van der Waals surface area contributed by atoms with Crippen LogP contribution in [0.25, 0.3) is 0 Å². The molecule has 26 heteroatoms. The topological polar surface area (TPSA) is 252 Å². The van der Waals surface area contributed by atoms with Crippen LogP contribution in [0.3, 0.4) is 0 Å². The third kappa shape index (κ3) is 16.3. The highest BCUT2D eigenvalue weighted by Gasteiger charge is 2.39. The van der Waals surface area contributed by atoms with Crippen LogP contribution < -0.4 is 21.3 Å². The van der Waals surface area contributed by atoms with Gasteiger partial charge in [0.1, 0.15) is 11.1 Å². The summed E-state index contributed by atoms with van der Waals surface area (Å²) in [7, 11) is 0. The molecule has 0 aliphatic carbocycles. The Morgan fingerprint density at radius 2 is 1.44 bits per heavy atom. The van der Waals surface area contributed by atoms with Gasteiger partial charge in [0.15, 0.2) is 5.82 Å². The van der Waals surface area contributed by atoms with E-state index in [0.717, 1.165) is 59.7 Å². The summed E-state index contributed by atoms with van der Waals surface area (Å²) >= 11 is 6.38. The van der Waals surface area contributed by atoms with Crippen molar-refractivity contribution in [3.05, 3.63) is 88.6 Å². The zero-order valence-electron chi connectivity index (χ0n) is 31.2. The number of aliphatic carboxylic acids is 3. The van der Waals surface area contributed by atoms with Crippen molar-refractivity contribution in [3.63, 3.8) is 0 Å². The number of amides is 1. The Labute approximate surface area is 348 Å². The van der Waals surface area contributed by atoms with Gasteiger partial charge in [0, 0.05) is 36.2 Å². The first kappa shape index (κ1) is 49.6. The Hall–Kier alpha value is -6.81. The van der Waals surface area contributed by atoms with Crippen molar-refractivity contribution in [1.29, 1.82) is 5.26 Å². The van der Waals surface area contributed by atoms with Crippen molar-refractivity contribution in [3.8, 4) is 6.07 Å². The van der Waals surface area contributed by atoms with Crippen molar-refractivity contribution < 1.29 is 74.0 Å². The van der Waals surface area contributed by atoms with Crippen LogP contribution in [-0.2, 0) is 32.0 Å². The molecule has 0 saturated carbocycles. The van der Waals surface area contributed by atoms with Gasteiger partial charge in [-0.15, -0.1) is 0 Å². The number of carbonyl (C=O) groups is 4. The lowest BCUT2D eigenvalue weighted by molar-refractivity contribution is -0.193. The minimum atomic E-state index is -5.08. The van der Waals surface area contributed by atoms with E-state index in [-0.39, 0.29) is 17.9 Å². The van der Waals surface area contributed by atoms with E-state index in [0.29, 0.717) is 35.2 Å². The second-order valence-corrected chi connectivity index (χ2v) is 13.1. The van der Waals surface area contributed by atoms with Crippen molar-refractivity contribution in [2.75, 3.05) is 22.5 Å². The second-order valence-electron chi connectivity index (χ2n) is 12.7. The average Bonchev–Trinajstić information content (AvgIpc) is 3.19. The molecule has 1 saturated heterocycles. The lowest BCUT2D eigenvalue weighted by Crippen LogP contribution is -2.33. The SMILES string of the molecule is N#Cc1ccc(C2CC(CC(=O)Nc3ccc4cc3CCc3cncc(c3)Nc3ncc(Cl)c(n3)N4)CCN2)nc1.O=C(O)C(F)(F)F.O=C(O)C(F)(F)F.O=C(O)C(F)(F)F. The number of benzene rings is 1. The summed E-state index contributed by atoms with van der Waals surface area (Å²) < 4.78 is 95.2. The number of carboxylic acid groups (broad SMARTS) is 3. The summed E-state index contributed by atoms with van der Waals surface area (Å²) in [5.41, 5.74) is 5.86. The van der Waals surface area contributed by atoms with Crippen LogP contribution in [0.5, 0.6) is 0 Å². The number of pyridine rings is 2. The fraction of sp³-hybridized carbons (Fsp3) is 0.306. The number of piperidine rings is 1. The molecular weight excluding hydrogens is 877 g/mol. The van der Waals surface area contributed by atoms with E-state index in [1.807, 2.05) is 36.5 Å². The number of aryl methyl sites for hydroxylation is 2. The second kappa shape index (κ2) is 21.6. The van der Waals surface area contributed by atoms with Gasteiger partial charge < -0.3 is 36.6 Å². The zero-order chi connectivity index (χ0) is 46.4. The van der Waals surface area contributed by atoms with Gasteiger partial charge in [-0.1, -0.05) is 11.6 Å². The van der Waals surface area contributed by atoms with Crippen molar-refractivity contribution in [2.24, 2.45) is 5.92 Å². The van der Waals surface area contributed by atoms with Crippen LogP contribution in [0.15, 0.2) is 61.2 Å². The van der Waals surface area contributed by atoms with Gasteiger partial charge in [-0.3, -0.25) is 14.8 Å². The highest BCUT2D eigenvalue weighted by molar-refractivity contribution is 6.32. The first-order chi connectivity index (χ1) is 28.8. The van der Waals surface area contributed by atoms with E-state index in [4.69, 9.17) is 46.6 Å². The number of halogens is 10. The molecule has 2 aliphatic rings. The number of nitriles is 1. The van der Waals surface area contributed by atoms with Gasteiger partial charge in [0.05, 0.1) is 29.3 Å². The molecule has 3 aromatic heterocycles. The van der Waals surface area contributed by atoms with Crippen molar-refractivity contribution in [1.82, 2.24) is 25.3 Å². The molecule has 0 spiro atoms. The number of nitrogens with zero attached hydrogens (tertiary/aromatic N) is 5. The number of hydrogen-bond donors (Lipinski definition) is 7. The maximum Gasteiger partial charge on any atom is 0.490 e. The Balaban J connectivity index is 0.000000403. The van der Waals surface area contributed by atoms with Gasteiger partial charge in [-0.25, -0.2) is 19.4 Å². The zero-order valence-corrected chi connectivity index (χ0v) is 31.9. The number of rotatable bonds is 4. The molecule has 1 aromatic carbocycles. The molecule has 2 atom stereocenters. The molecule has 2 unspecified atom stereocenters. The molecule has 62 heavy (non-hydrogen) atoms. The minimum absolute atomic E-state index is 0.0142. The third-order valence-corrected chi connectivity index (χ3v) is 8.38. The molecule has 16 nitrogen and oxygen atoms in total. The monoisotopic (exact) mass is 907 g/mol. The van der Waals surface area contributed by atoms with E-state index in [9.17, 15) is 44.3 Å². The molecule has 1 fully saturated rings. The Bertz CT molecular complexity index is 2200. The first-order valence-corrected chi connectivity index (χ1v) is 17.7. The standard InChI is InChI=1S/C30H28ClN9O.3C2HF3O2/c31-24-17-36-30-38-23-9-19(14-33-16-23)1-3-21-12-22(37-29(24)40-30)4-6-25(21)39-28(41)11-18-7-8-34-27(10-18)26-5-2-20(13-32)15-35-26;3*3-2(4,5)1(6)7/h2,4-6,9,12,14-18,27,34H,1,3,7-8,10-11H2,(H,39,41)(H2,36,37,38,40);3*(H,6,7). The molecule has 6 bridgehead atoms. The molecule has 0 radical (unpaired) electrons. The van der Waals surface area contributed by atoms with Gasteiger partial charge in [0.2, 0.25) is 11.9 Å². The van der Waals surface area contributed by atoms with Crippen LogP contribution in [0, 0.1) is 17.2 Å². The van der Waals surface area contributed by atoms with Gasteiger partial charge in [-0.05, 0) is 85.7 Å². The average molecular weight is 908 g/mol. The van der Waals surface area contributed by atoms with E-state index >= 15 is 0 Å². The molecular formula is C36H31ClF9N9O7. The quantitative estimate of drug-likeness (QED) is 0.0989. The van der Waals surface area contributed by atoms with Crippen LogP contribution in [0.1, 0.15) is 47.7 Å². The van der Waals surface area contributed by atoms with E-state index < -0.39 is 36.4 Å². The normalized spacial score (nSPS) is 15.6. The number of hydrogen-bond acceptors (Lipinski definition) is 12. The van der Waals surface area contributed by atoms with Crippen molar-refractivity contribution >= 4 is 64.2 Å². The predicted molar refractivity (Wildman–Crippen MR) is 198 cm³/mol. The number of nitrogens with one attached hydrogen (secondary N) is 4. The molecule has 6 rings (SSSR count). The molecule has 4 aromatic rings. The Morgan fingerprint density at radius 3 is 2.00 bits per heavy atom. The summed E-state index contributed by atoms with van der Waals surface area (Å²) in [6, 6.07) is 13.7. The molecule has 332 valence electrons. The fourth-order valence-corrected chi connectivity index (χ4v) is 5.44. The van der Waals surface area contributed by atoms with Gasteiger partial charge in [-0.2, -0.15) is 49.8 Å². The van der Waals surface area contributed by atoms with Gasteiger partial charge >= 0.3 is 36.4 Å². The lowest BCUT2D eigenvalue weighted by atomic mass is 9.88. The summed E-state index contributed by atoms with van der Waals surface area (Å²) in [6.45, 7) is 0.811. The highest BCUT2D eigenvalue weighted by Crippen LogP contribution is 2.32. The molecule has 1 amide bonds. The molecule has 5 heterocycles. The van der Waals surface area contributed by atoms with Crippen LogP contribution >= 0.6 is 11.6 Å². The smallest absolute Gasteiger partial charge is 0.475 e. The van der Waals surface area contributed by atoms with Crippen LogP contribution in [-0.4, -0.2) is 84.1 Å². The number of carbonyl (C=O) groups excluding carboxylic acids is 1. The summed E-state index contributed by atoms with van der Waals surface area (Å²) in [5, 5.41) is 44.0. The number of anilines is 5. The van der Waals surface area contributed by atoms with E-state index in [1.165, 1.54) is 0 Å². The van der Waals surface area contributed by atoms with Crippen LogP contribution in [0.2, 0.25) is 5.02 Å². The predicted octanol–water partition coefficient (Wildman–Crippen LogP) is 7.35. The van der Waals surface area contributed by atoms with Gasteiger partial charge in [0.25, 0.3) is 0 Å². The number of fused-ring (bicyclic) bond motifs is 6. The van der Waals surface area contributed by atoms with Crippen molar-refractivity contribution in [2.45, 2.75) is 56.7 Å². The highest BCUT2D eigenvalue weighted by atomic mass is 35.5. The summed E-state index contributed by atoms with van der Waals surface area (Å²) in [5.74, 6) is -7.17. The number of alkyl halides is 9. The largest absolute Gasteiger partial charge is 0.490 e. The summed E-state index contributed by atoms with van der Waals surface area (Å²) in [6.07, 6.45) is -4.96. The maximum atomic E-state index is 13.3. The van der Waals surface area contributed by atoms with Crippen LogP contribution in [0.4, 0.5) is 68.3 Å². The lowest BCUT2D eigenvalue weighted by Gasteiger charge is -2.29.